The second-order valence-corrected chi connectivity index (χ2v) is 20.0. The van der Waals surface area contributed by atoms with Gasteiger partial charge in [0.1, 0.15) is 0 Å². The largest absolute Gasteiger partial charge is 0.310 e. The third-order valence-corrected chi connectivity index (χ3v) is 15.9. The smallest absolute Gasteiger partial charge is 0.0714 e. The number of nitrogens with zero attached hydrogens (tertiary/aromatic N) is 2. The fourth-order valence-corrected chi connectivity index (χ4v) is 12.6. The van der Waals surface area contributed by atoms with E-state index in [2.05, 4.69) is 290 Å². The molecule has 14 rings (SSSR count). The molecule has 0 aliphatic heterocycles. The van der Waals surface area contributed by atoms with Gasteiger partial charge in [0.25, 0.3) is 0 Å². The van der Waals surface area contributed by atoms with Crippen molar-refractivity contribution in [3.05, 3.63) is 300 Å². The van der Waals surface area contributed by atoms with Crippen LogP contribution in [0.4, 0.5) is 17.1 Å². The first-order valence-corrected chi connectivity index (χ1v) is 25.2. The lowest BCUT2D eigenvalue weighted by Crippen LogP contribution is -2.28. The van der Waals surface area contributed by atoms with Crippen LogP contribution in [0, 0.1) is 0 Å². The maximum atomic E-state index is 2.52. The summed E-state index contributed by atoms with van der Waals surface area (Å²) in [7, 11) is 0. The number of benzene rings is 11. The number of hydrogen-bond acceptors (Lipinski definition) is 1. The van der Waals surface area contributed by atoms with Gasteiger partial charge in [-0.25, -0.2) is 0 Å². The highest BCUT2D eigenvalue weighted by Gasteiger charge is 2.47. The number of rotatable bonds is 8. The molecule has 0 atom stereocenters. The summed E-state index contributed by atoms with van der Waals surface area (Å²) in [4.78, 5) is 2.52. The van der Waals surface area contributed by atoms with Gasteiger partial charge in [0.15, 0.2) is 0 Å². The lowest BCUT2D eigenvalue weighted by Gasteiger charge is -2.34. The van der Waals surface area contributed by atoms with Crippen molar-refractivity contribution in [2.45, 2.75) is 24.7 Å². The number of anilines is 3. The summed E-state index contributed by atoms with van der Waals surface area (Å²) in [5.41, 5.74) is 23.8. The standard InChI is InChI=1S/C70H50N2/c1-69(2)63-45-54(41-43-56(63)57-44-42-55(46-64(57)69)72-65-30-16-13-25-58(65)59-26-14-17-31-66(59)72)71(53-39-37-50(38-40-53)49-35-33-48(34-36-49)47-19-6-3-7-20-47)67-32-18-29-62-68(67)60-27-12-15-28-61(60)70(62,51-21-8-4-9-22-51)52-23-10-5-11-24-52/h3-46H,1-2H3. The molecule has 1 aromatic heterocycles. The van der Waals surface area contributed by atoms with Crippen LogP contribution in [0.1, 0.15) is 47.2 Å². The second kappa shape index (κ2) is 16.3. The normalized spacial score (nSPS) is 13.6. The van der Waals surface area contributed by atoms with Gasteiger partial charge in [0.05, 0.1) is 22.1 Å². The van der Waals surface area contributed by atoms with Crippen LogP contribution in [0.25, 0.3) is 72.0 Å². The van der Waals surface area contributed by atoms with Crippen molar-refractivity contribution in [3.63, 3.8) is 0 Å². The van der Waals surface area contributed by atoms with Crippen LogP contribution in [0.15, 0.2) is 267 Å². The first-order valence-electron chi connectivity index (χ1n) is 25.2. The van der Waals surface area contributed by atoms with Crippen LogP contribution in [0.3, 0.4) is 0 Å². The number of fused-ring (bicyclic) bond motifs is 9. The Balaban J connectivity index is 0.946. The van der Waals surface area contributed by atoms with E-state index in [-0.39, 0.29) is 5.41 Å². The van der Waals surface area contributed by atoms with Crippen molar-refractivity contribution in [2.24, 2.45) is 0 Å². The second-order valence-electron chi connectivity index (χ2n) is 20.0. The Kier molecular flexibility index (Phi) is 9.50. The Morgan fingerprint density at radius 1 is 0.333 bits per heavy atom. The van der Waals surface area contributed by atoms with Crippen molar-refractivity contribution in [1.82, 2.24) is 4.57 Å². The van der Waals surface area contributed by atoms with Gasteiger partial charge in [-0.05, 0) is 127 Å². The summed E-state index contributed by atoms with van der Waals surface area (Å²) in [6, 6.07) is 99.0. The number of hydrogen-bond donors (Lipinski definition) is 0. The van der Waals surface area contributed by atoms with Gasteiger partial charge in [-0.2, -0.15) is 0 Å². The fraction of sp³-hybridized carbons (Fsp3) is 0.0571. The quantitative estimate of drug-likeness (QED) is 0.147. The SMILES string of the molecule is CC1(C)c2cc(N(c3ccc(-c4ccc(-c5ccccc5)cc4)cc3)c3cccc4c3-c3ccccc3C4(c3ccccc3)c3ccccc3)ccc2-c2ccc(-n3c4ccccc4c4ccccc43)cc21. The third kappa shape index (κ3) is 6.22. The fourth-order valence-electron chi connectivity index (χ4n) is 12.6. The van der Waals surface area contributed by atoms with E-state index < -0.39 is 5.41 Å². The molecule has 0 saturated heterocycles. The van der Waals surface area contributed by atoms with Gasteiger partial charge in [0, 0.05) is 38.8 Å². The third-order valence-electron chi connectivity index (χ3n) is 15.9. The maximum absolute atomic E-state index is 2.52. The minimum Gasteiger partial charge on any atom is -0.310 e. The Labute approximate surface area is 421 Å². The zero-order chi connectivity index (χ0) is 48.0. The average Bonchev–Trinajstić information content (AvgIpc) is 4.03. The van der Waals surface area contributed by atoms with Crippen LogP contribution < -0.4 is 4.90 Å². The molecule has 340 valence electrons. The van der Waals surface area contributed by atoms with E-state index in [1.165, 1.54) is 105 Å². The molecule has 2 heteroatoms. The molecule has 12 aromatic rings. The highest BCUT2D eigenvalue weighted by atomic mass is 15.1. The molecule has 0 bridgehead atoms. The van der Waals surface area contributed by atoms with Crippen LogP contribution in [0.5, 0.6) is 0 Å². The van der Waals surface area contributed by atoms with Gasteiger partial charge in [-0.3, -0.25) is 0 Å². The van der Waals surface area contributed by atoms with E-state index in [0.717, 1.165) is 17.1 Å². The lowest BCUT2D eigenvalue weighted by atomic mass is 9.68. The van der Waals surface area contributed by atoms with Crippen LogP contribution in [-0.2, 0) is 10.8 Å². The van der Waals surface area contributed by atoms with E-state index in [9.17, 15) is 0 Å². The van der Waals surface area contributed by atoms with Crippen molar-refractivity contribution in [1.29, 1.82) is 0 Å². The van der Waals surface area contributed by atoms with Gasteiger partial charge >= 0.3 is 0 Å². The molecule has 2 aliphatic carbocycles. The Morgan fingerprint density at radius 2 is 0.806 bits per heavy atom. The van der Waals surface area contributed by atoms with E-state index in [1.54, 1.807) is 0 Å². The highest BCUT2D eigenvalue weighted by Crippen LogP contribution is 2.60. The summed E-state index contributed by atoms with van der Waals surface area (Å²) in [5, 5.41) is 2.55. The molecular formula is C70H50N2. The summed E-state index contributed by atoms with van der Waals surface area (Å²) < 4.78 is 2.44. The number of aromatic nitrogens is 1. The Morgan fingerprint density at radius 3 is 1.43 bits per heavy atom. The molecule has 0 spiro atoms. The average molecular weight is 919 g/mol. The summed E-state index contributed by atoms with van der Waals surface area (Å²) in [5.74, 6) is 0. The molecule has 0 unspecified atom stereocenters. The Bertz CT molecular complexity index is 3940. The topological polar surface area (TPSA) is 8.17 Å². The van der Waals surface area contributed by atoms with Crippen LogP contribution in [0.2, 0.25) is 0 Å². The van der Waals surface area contributed by atoms with Crippen molar-refractivity contribution in [2.75, 3.05) is 4.90 Å². The van der Waals surface area contributed by atoms with Crippen molar-refractivity contribution >= 4 is 38.9 Å². The summed E-state index contributed by atoms with van der Waals surface area (Å²) in [6.45, 7) is 4.81. The molecule has 0 fully saturated rings. The van der Waals surface area contributed by atoms with E-state index in [0.29, 0.717) is 0 Å². The van der Waals surface area contributed by atoms with Gasteiger partial charge in [-0.1, -0.05) is 226 Å². The van der Waals surface area contributed by atoms with E-state index >= 15 is 0 Å². The van der Waals surface area contributed by atoms with Gasteiger partial charge in [0.2, 0.25) is 0 Å². The first-order chi connectivity index (χ1) is 35.5. The van der Waals surface area contributed by atoms with Crippen LogP contribution >= 0.6 is 0 Å². The molecule has 11 aromatic carbocycles. The lowest BCUT2D eigenvalue weighted by molar-refractivity contribution is 0.660. The molecule has 2 aliphatic rings. The minimum absolute atomic E-state index is 0.280. The zero-order valence-corrected chi connectivity index (χ0v) is 40.3. The zero-order valence-electron chi connectivity index (χ0n) is 40.3. The minimum atomic E-state index is -0.526. The highest BCUT2D eigenvalue weighted by molar-refractivity contribution is 6.09. The maximum Gasteiger partial charge on any atom is 0.0714 e. The van der Waals surface area contributed by atoms with E-state index in [4.69, 9.17) is 0 Å². The molecule has 0 N–H and O–H groups in total. The molecule has 2 nitrogen and oxygen atoms in total. The Hall–Kier alpha value is -8.98. The van der Waals surface area contributed by atoms with Crippen molar-refractivity contribution < 1.29 is 0 Å². The predicted molar refractivity (Wildman–Crippen MR) is 301 cm³/mol. The molecule has 72 heavy (non-hydrogen) atoms. The molecular weight excluding hydrogens is 869 g/mol. The predicted octanol–water partition coefficient (Wildman–Crippen LogP) is 18.3. The summed E-state index contributed by atoms with van der Waals surface area (Å²) in [6.07, 6.45) is 0. The molecule has 0 amide bonds. The van der Waals surface area contributed by atoms with Gasteiger partial charge in [-0.15, -0.1) is 0 Å². The monoisotopic (exact) mass is 918 g/mol. The number of para-hydroxylation sites is 2. The van der Waals surface area contributed by atoms with E-state index in [1.807, 2.05) is 0 Å². The summed E-state index contributed by atoms with van der Waals surface area (Å²) >= 11 is 0. The van der Waals surface area contributed by atoms with Crippen molar-refractivity contribution in [3.8, 4) is 50.2 Å². The van der Waals surface area contributed by atoms with Crippen LogP contribution in [-0.4, -0.2) is 4.57 Å². The van der Waals surface area contributed by atoms with Gasteiger partial charge < -0.3 is 9.47 Å². The molecule has 1 heterocycles. The molecule has 0 saturated carbocycles. The first kappa shape index (κ1) is 41.9. The molecule has 0 radical (unpaired) electrons.